The second kappa shape index (κ2) is 19.3. The van der Waals surface area contributed by atoms with Crippen LogP contribution in [0.15, 0.2) is 47.5 Å². The minimum Gasteiger partial charge on any atom is -0.872 e. The molecule has 2 aromatic carbocycles. The first kappa shape index (κ1) is 44.7. The van der Waals surface area contributed by atoms with Crippen LogP contribution in [-0.2, 0) is 43.2 Å². The molecule has 1 fully saturated rings. The molecule has 8 nitrogen and oxygen atoms in total. The summed E-state index contributed by atoms with van der Waals surface area (Å²) in [5.41, 5.74) is 5.59. The normalized spacial score (nSPS) is 15.6. The maximum atomic E-state index is 13.6. The summed E-state index contributed by atoms with van der Waals surface area (Å²) in [5, 5.41) is 50.7. The maximum absolute atomic E-state index is 13.6. The molecule has 0 N–H and O–H groups in total. The van der Waals surface area contributed by atoms with Gasteiger partial charge in [-0.05, 0) is 71.9 Å². The zero-order chi connectivity index (χ0) is 36.6. The molecule has 0 amide bonds. The molecule has 1 atom stereocenters. The van der Waals surface area contributed by atoms with Crippen molar-refractivity contribution in [3.05, 3.63) is 70.4 Å². The molecular weight excluding hydrogens is 779 g/mol. The van der Waals surface area contributed by atoms with E-state index in [0.29, 0.717) is 24.3 Å². The van der Waals surface area contributed by atoms with Gasteiger partial charge in [0.2, 0.25) is 0 Å². The number of rotatable bonds is 7. The SMILES string of the molecule is CC(C)[O-].CC(C)[O-].Cc1nn(-c2ccccc2)c([O-])c1C(=NC[C@@H]1CCCN1Cc1cc(C(C)(C)C)cc(C(C)(C)C)c1[O-])C(C)C.[Hf+4]. The first-order chi connectivity index (χ1) is 22.1. The third-order valence-corrected chi connectivity index (χ3v) is 8.01. The van der Waals surface area contributed by atoms with E-state index in [9.17, 15) is 20.4 Å². The van der Waals surface area contributed by atoms with E-state index in [1.54, 1.807) is 27.7 Å². The summed E-state index contributed by atoms with van der Waals surface area (Å²) in [5.74, 6) is 0.127. The molecule has 4 rings (SSSR count). The Labute approximate surface area is 315 Å². The molecule has 0 aliphatic carbocycles. The van der Waals surface area contributed by atoms with Gasteiger partial charge in [0.1, 0.15) is 0 Å². The van der Waals surface area contributed by atoms with Crippen molar-refractivity contribution in [2.45, 2.75) is 138 Å². The van der Waals surface area contributed by atoms with E-state index < -0.39 is 12.2 Å². The average Bonchev–Trinajstić information content (AvgIpc) is 3.51. The van der Waals surface area contributed by atoms with E-state index >= 15 is 0 Å². The fourth-order valence-electron chi connectivity index (χ4n) is 5.62. The summed E-state index contributed by atoms with van der Waals surface area (Å²) in [4.78, 5) is 7.49. The molecule has 9 heteroatoms. The van der Waals surface area contributed by atoms with E-state index in [4.69, 9.17) is 4.99 Å². The first-order valence-electron chi connectivity index (χ1n) is 17.4. The van der Waals surface area contributed by atoms with Crippen LogP contribution in [0.4, 0.5) is 0 Å². The number of hydrogen-bond donors (Lipinski definition) is 0. The molecule has 0 saturated carbocycles. The number of likely N-dealkylation sites (tertiary alicyclic amines) is 1. The monoisotopic (exact) mass is 840 g/mol. The van der Waals surface area contributed by atoms with Gasteiger partial charge in [0.05, 0.1) is 17.9 Å². The molecule has 1 saturated heterocycles. The van der Waals surface area contributed by atoms with Gasteiger partial charge in [0.15, 0.2) is 0 Å². The van der Waals surface area contributed by atoms with Gasteiger partial charge in [-0.25, -0.2) is 4.68 Å². The predicted octanol–water partition coefficient (Wildman–Crippen LogP) is 5.54. The standard InChI is InChI=1S/C34H48N4O2.2C3H7O.Hf/c1-22(2)30(29-23(3)36-38(32(29)40)26-14-11-10-12-15-26)35-20-27-16-13-17-37(27)21-24-18-25(33(4,5)6)19-28(31(24)39)34(7,8)9;2*1-3(2)4;/h10-12,14-15,18-19,22,27,39-40H,13,16-17,20-21H2,1-9H3;2*3H,1-2H3;/q;2*-1;+4/p-2/t27-;;;/m0.../s1. The van der Waals surface area contributed by atoms with Gasteiger partial charge in [-0.3, -0.25) is 9.89 Å². The van der Waals surface area contributed by atoms with Crippen LogP contribution in [0.1, 0.15) is 124 Å². The van der Waals surface area contributed by atoms with Gasteiger partial charge in [0.25, 0.3) is 0 Å². The van der Waals surface area contributed by atoms with Gasteiger partial charge in [-0.1, -0.05) is 113 Å². The Kier molecular flexibility index (Phi) is 17.6. The van der Waals surface area contributed by atoms with Crippen LogP contribution in [0, 0.1) is 12.8 Å². The minimum absolute atomic E-state index is 0. The van der Waals surface area contributed by atoms with Gasteiger partial charge < -0.3 is 20.4 Å². The van der Waals surface area contributed by atoms with Crippen LogP contribution in [-0.4, -0.2) is 51.7 Å². The van der Waals surface area contributed by atoms with E-state index in [-0.39, 0.29) is 60.3 Å². The van der Waals surface area contributed by atoms with Crippen LogP contribution in [0.3, 0.4) is 0 Å². The summed E-state index contributed by atoms with van der Waals surface area (Å²) in [6, 6.07) is 14.0. The largest absolute Gasteiger partial charge is 4.00 e. The zero-order valence-electron chi connectivity index (χ0n) is 32.3. The third-order valence-electron chi connectivity index (χ3n) is 8.01. The predicted molar refractivity (Wildman–Crippen MR) is 191 cm³/mol. The van der Waals surface area contributed by atoms with Crippen LogP contribution in [0.2, 0.25) is 0 Å². The Bertz CT molecular complexity index is 1460. The second-order valence-corrected chi connectivity index (χ2v) is 15.8. The molecule has 49 heavy (non-hydrogen) atoms. The van der Waals surface area contributed by atoms with E-state index in [1.165, 1.54) is 10.2 Å². The Morgan fingerprint density at radius 3 is 1.94 bits per heavy atom. The number of hydrogen-bond acceptors (Lipinski definition) is 7. The summed E-state index contributed by atoms with van der Waals surface area (Å²) < 4.78 is 1.48. The molecule has 0 spiro atoms. The van der Waals surface area contributed by atoms with Crippen LogP contribution < -0.4 is 20.4 Å². The molecule has 1 aromatic heterocycles. The fourth-order valence-corrected chi connectivity index (χ4v) is 5.62. The number of benzene rings is 2. The Morgan fingerprint density at radius 2 is 1.45 bits per heavy atom. The van der Waals surface area contributed by atoms with Gasteiger partial charge >= 0.3 is 25.8 Å². The zero-order valence-corrected chi connectivity index (χ0v) is 35.9. The van der Waals surface area contributed by atoms with Gasteiger partial charge in [-0.2, -0.15) is 5.10 Å². The molecule has 0 bridgehead atoms. The summed E-state index contributed by atoms with van der Waals surface area (Å²) in [6.07, 6.45) is 1.27. The second-order valence-electron chi connectivity index (χ2n) is 15.8. The van der Waals surface area contributed by atoms with Crippen molar-refractivity contribution in [1.82, 2.24) is 14.7 Å². The Hall–Kier alpha value is -2.33. The number of para-hydroxylation sites is 1. The van der Waals surface area contributed by atoms with E-state index in [1.807, 2.05) is 37.3 Å². The van der Waals surface area contributed by atoms with E-state index in [2.05, 4.69) is 77.5 Å². The summed E-state index contributed by atoms with van der Waals surface area (Å²) in [6.45, 7) is 27.6. The third kappa shape index (κ3) is 13.4. The maximum Gasteiger partial charge on any atom is 4.00 e. The van der Waals surface area contributed by atoms with Crippen molar-refractivity contribution in [2.24, 2.45) is 10.9 Å². The number of aliphatic imine (C=N–C) groups is 1. The van der Waals surface area contributed by atoms with Crippen LogP contribution in [0.5, 0.6) is 11.6 Å². The Balaban J connectivity index is 0.00000120. The van der Waals surface area contributed by atoms with Gasteiger partial charge in [0, 0.05) is 29.7 Å². The van der Waals surface area contributed by atoms with Crippen molar-refractivity contribution >= 4 is 5.71 Å². The van der Waals surface area contributed by atoms with Crippen molar-refractivity contribution in [2.75, 3.05) is 13.1 Å². The van der Waals surface area contributed by atoms with Crippen molar-refractivity contribution in [3.63, 3.8) is 0 Å². The minimum atomic E-state index is -0.417. The molecule has 0 radical (unpaired) electrons. The quantitative estimate of drug-likeness (QED) is 0.228. The van der Waals surface area contributed by atoms with Crippen LogP contribution >= 0.6 is 0 Å². The molecule has 268 valence electrons. The van der Waals surface area contributed by atoms with Gasteiger partial charge in [-0.15, -0.1) is 18.0 Å². The number of aryl methyl sites for hydroxylation is 1. The Morgan fingerprint density at radius 1 is 0.898 bits per heavy atom. The van der Waals surface area contributed by atoms with E-state index in [0.717, 1.165) is 41.9 Å². The molecule has 3 aromatic rings. The molecule has 1 aliphatic heterocycles. The first-order valence-corrected chi connectivity index (χ1v) is 17.4. The van der Waals surface area contributed by atoms with Crippen LogP contribution in [0.25, 0.3) is 5.69 Å². The molecular formula is C40H60HfN4O4. The van der Waals surface area contributed by atoms with Crippen molar-refractivity contribution in [3.8, 4) is 17.3 Å². The smallest absolute Gasteiger partial charge is 0.872 e. The number of nitrogens with zero attached hydrogens (tertiary/aromatic N) is 4. The molecule has 1 aliphatic rings. The topological polar surface area (TPSA) is 126 Å². The average molecular weight is 839 g/mol. The number of aromatic nitrogens is 2. The summed E-state index contributed by atoms with van der Waals surface area (Å²) >= 11 is 0. The molecule has 2 heterocycles. The van der Waals surface area contributed by atoms with Crippen molar-refractivity contribution in [1.29, 1.82) is 0 Å². The fraction of sp³-hybridized carbons (Fsp3) is 0.600. The molecule has 0 unspecified atom stereocenters. The summed E-state index contributed by atoms with van der Waals surface area (Å²) in [7, 11) is 0. The van der Waals surface area contributed by atoms with Crippen molar-refractivity contribution < 1.29 is 46.3 Å².